The molecular formula is C27H34N2O4. The lowest BCUT2D eigenvalue weighted by molar-refractivity contribution is -0.141. The standard InChI is InChI=1S/C27H34N2O4/c1-18-15-19(2)17-28(16-18)27(31)24-13-14-25(30)29(21-7-11-23(33-4)12-8-21)26(24)20-5-9-22(32-3)10-6-20/h5-12,18-19,24,26H,13-17H2,1-4H3/t18-,19-,24-,26-/m1/s1. The number of methoxy groups -OCH3 is 2. The molecule has 2 aromatic rings. The first-order valence-corrected chi connectivity index (χ1v) is 11.8. The highest BCUT2D eigenvalue weighted by Crippen LogP contribution is 2.42. The number of carbonyl (C=O) groups is 2. The number of rotatable bonds is 5. The van der Waals surface area contributed by atoms with E-state index >= 15 is 0 Å². The third kappa shape index (κ3) is 4.85. The van der Waals surface area contributed by atoms with Gasteiger partial charge in [-0.15, -0.1) is 0 Å². The summed E-state index contributed by atoms with van der Waals surface area (Å²) in [7, 11) is 3.25. The van der Waals surface area contributed by atoms with Crippen molar-refractivity contribution in [1.82, 2.24) is 4.90 Å². The second kappa shape index (κ2) is 9.86. The molecule has 6 heteroatoms. The van der Waals surface area contributed by atoms with Crippen LogP contribution in [-0.2, 0) is 9.59 Å². The van der Waals surface area contributed by atoms with E-state index in [2.05, 4.69) is 13.8 Å². The van der Waals surface area contributed by atoms with E-state index in [1.54, 1.807) is 14.2 Å². The van der Waals surface area contributed by atoms with Crippen molar-refractivity contribution >= 4 is 17.5 Å². The van der Waals surface area contributed by atoms with E-state index < -0.39 is 0 Å². The fourth-order valence-electron chi connectivity index (χ4n) is 5.46. The first-order chi connectivity index (χ1) is 15.9. The Morgan fingerprint density at radius 1 is 0.879 bits per heavy atom. The number of benzene rings is 2. The predicted octanol–water partition coefficient (Wildman–Crippen LogP) is 4.69. The molecule has 6 nitrogen and oxygen atoms in total. The quantitative estimate of drug-likeness (QED) is 0.663. The van der Waals surface area contributed by atoms with Crippen LogP contribution < -0.4 is 14.4 Å². The number of carbonyl (C=O) groups excluding carboxylic acids is 2. The molecule has 2 amide bonds. The van der Waals surface area contributed by atoms with Gasteiger partial charge in [0.2, 0.25) is 11.8 Å². The summed E-state index contributed by atoms with van der Waals surface area (Å²) >= 11 is 0. The summed E-state index contributed by atoms with van der Waals surface area (Å²) in [6, 6.07) is 14.9. The summed E-state index contributed by atoms with van der Waals surface area (Å²) in [5, 5.41) is 0. The molecule has 0 unspecified atom stereocenters. The molecule has 0 radical (unpaired) electrons. The Kier molecular flexibility index (Phi) is 6.91. The first-order valence-electron chi connectivity index (χ1n) is 11.8. The summed E-state index contributed by atoms with van der Waals surface area (Å²) < 4.78 is 10.6. The van der Waals surface area contributed by atoms with Crippen LogP contribution in [0.2, 0.25) is 0 Å². The molecule has 176 valence electrons. The fraction of sp³-hybridized carbons (Fsp3) is 0.481. The van der Waals surface area contributed by atoms with Gasteiger partial charge in [-0.25, -0.2) is 0 Å². The van der Waals surface area contributed by atoms with Gasteiger partial charge in [-0.2, -0.15) is 0 Å². The third-order valence-electron chi connectivity index (χ3n) is 6.90. The minimum atomic E-state index is -0.370. The third-order valence-corrected chi connectivity index (χ3v) is 6.90. The zero-order valence-corrected chi connectivity index (χ0v) is 20.0. The van der Waals surface area contributed by atoms with Gasteiger partial charge in [-0.1, -0.05) is 26.0 Å². The summed E-state index contributed by atoms with van der Waals surface area (Å²) in [6.07, 6.45) is 2.06. The molecule has 33 heavy (non-hydrogen) atoms. The molecule has 2 aliphatic heterocycles. The maximum Gasteiger partial charge on any atom is 0.228 e. The van der Waals surface area contributed by atoms with Gasteiger partial charge in [0.1, 0.15) is 11.5 Å². The van der Waals surface area contributed by atoms with Crippen molar-refractivity contribution in [2.75, 3.05) is 32.2 Å². The molecule has 0 spiro atoms. The van der Waals surface area contributed by atoms with Gasteiger partial charge < -0.3 is 19.3 Å². The Morgan fingerprint density at radius 3 is 1.97 bits per heavy atom. The Hall–Kier alpha value is -3.02. The number of hydrogen-bond acceptors (Lipinski definition) is 4. The topological polar surface area (TPSA) is 59.1 Å². The predicted molar refractivity (Wildman–Crippen MR) is 128 cm³/mol. The van der Waals surface area contributed by atoms with Gasteiger partial charge >= 0.3 is 0 Å². The number of ether oxygens (including phenoxy) is 2. The Bertz CT molecular complexity index is 963. The van der Waals surface area contributed by atoms with Crippen molar-refractivity contribution in [2.24, 2.45) is 17.8 Å². The molecule has 4 rings (SSSR count). The number of nitrogens with zero attached hydrogens (tertiary/aromatic N) is 2. The van der Waals surface area contributed by atoms with E-state index in [1.807, 2.05) is 58.3 Å². The molecule has 0 aromatic heterocycles. The first kappa shape index (κ1) is 23.1. The van der Waals surface area contributed by atoms with Crippen molar-refractivity contribution < 1.29 is 19.1 Å². The number of likely N-dealkylation sites (tertiary alicyclic amines) is 1. The Morgan fingerprint density at radius 2 is 1.42 bits per heavy atom. The average molecular weight is 451 g/mol. The highest BCUT2D eigenvalue weighted by atomic mass is 16.5. The maximum absolute atomic E-state index is 13.9. The summed E-state index contributed by atoms with van der Waals surface area (Å²) in [5.74, 6) is 2.34. The lowest BCUT2D eigenvalue weighted by Gasteiger charge is -2.44. The Balaban J connectivity index is 1.73. The van der Waals surface area contributed by atoms with Crippen LogP contribution in [0.3, 0.4) is 0 Å². The maximum atomic E-state index is 13.9. The Labute approximate surface area is 196 Å². The second-order valence-electron chi connectivity index (χ2n) is 9.51. The van der Waals surface area contributed by atoms with E-state index in [0.29, 0.717) is 24.7 Å². The minimum absolute atomic E-state index is 0.0328. The van der Waals surface area contributed by atoms with Gasteiger partial charge in [0.25, 0.3) is 0 Å². The molecule has 2 aromatic carbocycles. The molecular weight excluding hydrogens is 416 g/mol. The van der Waals surface area contributed by atoms with Crippen molar-refractivity contribution in [3.8, 4) is 11.5 Å². The van der Waals surface area contributed by atoms with Gasteiger partial charge in [-0.3, -0.25) is 9.59 Å². The second-order valence-corrected chi connectivity index (χ2v) is 9.51. The summed E-state index contributed by atoms with van der Waals surface area (Å²) in [6.45, 7) is 5.99. The molecule has 2 heterocycles. The average Bonchev–Trinajstić information content (AvgIpc) is 2.83. The van der Waals surface area contributed by atoms with Crippen LogP contribution in [0, 0.1) is 17.8 Å². The molecule has 2 saturated heterocycles. The van der Waals surface area contributed by atoms with Crippen molar-refractivity contribution in [1.29, 1.82) is 0 Å². The van der Waals surface area contributed by atoms with Crippen molar-refractivity contribution in [2.45, 2.75) is 39.2 Å². The molecule has 0 saturated carbocycles. The zero-order chi connectivity index (χ0) is 23.5. The summed E-state index contributed by atoms with van der Waals surface area (Å²) in [5.41, 5.74) is 1.72. The van der Waals surface area contributed by atoms with Crippen LogP contribution in [-0.4, -0.2) is 44.0 Å². The van der Waals surface area contributed by atoms with E-state index in [1.165, 1.54) is 0 Å². The van der Waals surface area contributed by atoms with Crippen LogP contribution in [0.4, 0.5) is 5.69 Å². The molecule has 4 atom stereocenters. The normalized spacial score (nSPS) is 25.6. The molecule has 0 N–H and O–H groups in total. The fourth-order valence-corrected chi connectivity index (χ4v) is 5.46. The number of anilines is 1. The van der Waals surface area contributed by atoms with E-state index in [-0.39, 0.29) is 23.8 Å². The van der Waals surface area contributed by atoms with Crippen LogP contribution in [0.1, 0.15) is 44.7 Å². The van der Waals surface area contributed by atoms with E-state index in [0.717, 1.165) is 42.3 Å². The van der Waals surface area contributed by atoms with E-state index in [9.17, 15) is 9.59 Å². The highest BCUT2D eigenvalue weighted by molar-refractivity contribution is 5.97. The van der Waals surface area contributed by atoms with Crippen LogP contribution in [0.15, 0.2) is 48.5 Å². The smallest absolute Gasteiger partial charge is 0.228 e. The van der Waals surface area contributed by atoms with Gasteiger partial charge in [-0.05, 0) is 66.6 Å². The molecule has 0 bridgehead atoms. The molecule has 0 aliphatic carbocycles. The lowest BCUT2D eigenvalue weighted by Crippen LogP contribution is -2.52. The van der Waals surface area contributed by atoms with Crippen molar-refractivity contribution in [3.05, 3.63) is 54.1 Å². The van der Waals surface area contributed by atoms with E-state index in [4.69, 9.17) is 9.47 Å². The van der Waals surface area contributed by atoms with Crippen LogP contribution >= 0.6 is 0 Å². The highest BCUT2D eigenvalue weighted by Gasteiger charge is 2.43. The molecule has 2 aliphatic rings. The summed E-state index contributed by atoms with van der Waals surface area (Å²) in [4.78, 5) is 31.0. The van der Waals surface area contributed by atoms with Crippen molar-refractivity contribution in [3.63, 3.8) is 0 Å². The van der Waals surface area contributed by atoms with Crippen LogP contribution in [0.5, 0.6) is 11.5 Å². The van der Waals surface area contributed by atoms with Gasteiger partial charge in [0, 0.05) is 25.2 Å². The van der Waals surface area contributed by atoms with Gasteiger partial charge in [0.15, 0.2) is 0 Å². The zero-order valence-electron chi connectivity index (χ0n) is 20.0. The number of hydrogen-bond donors (Lipinski definition) is 0. The number of piperidine rings is 2. The lowest BCUT2D eigenvalue weighted by atomic mass is 9.81. The van der Waals surface area contributed by atoms with Crippen LogP contribution in [0.25, 0.3) is 0 Å². The minimum Gasteiger partial charge on any atom is -0.497 e. The largest absolute Gasteiger partial charge is 0.497 e. The van der Waals surface area contributed by atoms with Gasteiger partial charge in [0.05, 0.1) is 26.2 Å². The number of amides is 2. The molecule has 2 fully saturated rings. The monoisotopic (exact) mass is 450 g/mol. The SMILES string of the molecule is COc1ccc([C@@H]2[C@H](C(=O)N3C[C@H](C)C[C@@H](C)C3)CCC(=O)N2c2ccc(OC)cc2)cc1.